The third-order valence-electron chi connectivity index (χ3n) is 9.22. The van der Waals surface area contributed by atoms with E-state index in [-0.39, 0.29) is 30.2 Å². The fourth-order valence-corrected chi connectivity index (χ4v) is 6.39. The smallest absolute Gasteiger partial charge is 0.261 e. The molecule has 0 bridgehead atoms. The predicted octanol–water partition coefficient (Wildman–Crippen LogP) is 7.73. The van der Waals surface area contributed by atoms with Gasteiger partial charge >= 0.3 is 0 Å². The van der Waals surface area contributed by atoms with E-state index in [0.29, 0.717) is 43.4 Å². The molecule has 2 aromatic rings. The number of unbranched alkanes of at least 4 members (excludes halogenated alkanes) is 9. The lowest BCUT2D eigenvalue weighted by molar-refractivity contribution is -0.135. The van der Waals surface area contributed by atoms with Gasteiger partial charge in [-0.3, -0.25) is 24.1 Å². The number of hydrogen-bond donors (Lipinski definition) is 1. The minimum Gasteiger partial charge on any atom is -0.374 e. The normalized spacial score (nSPS) is 13.3. The first-order valence-corrected chi connectivity index (χ1v) is 17.9. The summed E-state index contributed by atoms with van der Waals surface area (Å²) in [7, 11) is 3.88. The maximum atomic E-state index is 13.7. The van der Waals surface area contributed by atoms with Crippen LogP contribution in [0.25, 0.3) is 10.8 Å². The minimum atomic E-state index is -0.607. The molecule has 1 unspecified atom stereocenters. The predicted molar refractivity (Wildman–Crippen MR) is 188 cm³/mol. The van der Waals surface area contributed by atoms with E-state index in [2.05, 4.69) is 38.0 Å². The van der Waals surface area contributed by atoms with Crippen molar-refractivity contribution in [3.05, 3.63) is 41.5 Å². The molecular weight excluding hydrogens is 576 g/mol. The Morgan fingerprint density at radius 1 is 0.739 bits per heavy atom. The Morgan fingerprint density at radius 3 is 2.04 bits per heavy atom. The molecule has 3 rings (SSSR count). The average Bonchev–Trinajstić information content (AvgIpc) is 3.05. The van der Waals surface area contributed by atoms with Crippen molar-refractivity contribution in [2.24, 2.45) is 0 Å². The lowest BCUT2D eigenvalue weighted by Crippen LogP contribution is -2.47. The highest BCUT2D eigenvalue weighted by Crippen LogP contribution is 2.36. The van der Waals surface area contributed by atoms with E-state index in [9.17, 15) is 19.2 Å². The van der Waals surface area contributed by atoms with Crippen LogP contribution < -0.4 is 10.2 Å². The molecule has 1 aliphatic heterocycles. The fraction of sp³-hybridized carbons (Fsp3) is 0.632. The van der Waals surface area contributed by atoms with Crippen LogP contribution >= 0.6 is 0 Å². The number of carbonyl (C=O) groups excluding carboxylic acids is 4. The van der Waals surface area contributed by atoms with Crippen molar-refractivity contribution >= 4 is 40.1 Å². The first-order valence-electron chi connectivity index (χ1n) is 17.9. The van der Waals surface area contributed by atoms with E-state index in [4.69, 9.17) is 0 Å². The van der Waals surface area contributed by atoms with Gasteiger partial charge in [0.15, 0.2) is 0 Å². The summed E-state index contributed by atoms with van der Waals surface area (Å²) < 4.78 is 0. The maximum absolute atomic E-state index is 13.7. The Bertz CT molecular complexity index is 1290. The largest absolute Gasteiger partial charge is 0.374 e. The third kappa shape index (κ3) is 10.0. The Morgan fingerprint density at radius 2 is 1.37 bits per heavy atom. The van der Waals surface area contributed by atoms with Crippen LogP contribution in [-0.4, -0.2) is 73.2 Å². The van der Waals surface area contributed by atoms with Crippen LogP contribution in [-0.2, 0) is 9.59 Å². The third-order valence-corrected chi connectivity index (χ3v) is 9.22. The topological polar surface area (TPSA) is 90.0 Å². The van der Waals surface area contributed by atoms with Crippen molar-refractivity contribution in [2.45, 2.75) is 123 Å². The molecule has 8 heteroatoms. The van der Waals surface area contributed by atoms with E-state index in [1.54, 1.807) is 4.90 Å². The quantitative estimate of drug-likeness (QED) is 0.106. The van der Waals surface area contributed by atoms with Crippen LogP contribution in [0.5, 0.6) is 0 Å². The van der Waals surface area contributed by atoms with Gasteiger partial charge in [0.2, 0.25) is 11.8 Å². The Kier molecular flexibility index (Phi) is 15.5. The summed E-state index contributed by atoms with van der Waals surface area (Å²) in [4.78, 5) is 58.7. The van der Waals surface area contributed by atoms with Crippen molar-refractivity contribution in [3.8, 4) is 0 Å². The molecule has 46 heavy (non-hydrogen) atoms. The van der Waals surface area contributed by atoms with Crippen molar-refractivity contribution in [2.75, 3.05) is 38.6 Å². The summed E-state index contributed by atoms with van der Waals surface area (Å²) in [6.07, 6.45) is 13.8. The van der Waals surface area contributed by atoms with Crippen molar-refractivity contribution < 1.29 is 19.2 Å². The molecule has 0 fully saturated rings. The van der Waals surface area contributed by atoms with Gasteiger partial charge in [-0.25, -0.2) is 0 Å². The molecule has 4 amide bonds. The zero-order valence-electron chi connectivity index (χ0n) is 29.2. The second-order valence-electron chi connectivity index (χ2n) is 13.0. The molecule has 0 saturated carbocycles. The van der Waals surface area contributed by atoms with Gasteiger partial charge in [-0.15, -0.1) is 0 Å². The van der Waals surface area contributed by atoms with Crippen LogP contribution in [0.1, 0.15) is 138 Å². The number of nitrogens with one attached hydrogen (secondary N) is 1. The maximum Gasteiger partial charge on any atom is 0.261 e. The summed E-state index contributed by atoms with van der Waals surface area (Å²) in [6.45, 7) is 8.32. The second kappa shape index (κ2) is 19.3. The van der Waals surface area contributed by atoms with E-state index in [1.807, 2.05) is 37.4 Å². The number of carbonyl (C=O) groups is 4. The lowest BCUT2D eigenvalue weighted by atomic mass is 9.92. The number of rotatable bonds is 22. The zero-order valence-corrected chi connectivity index (χ0v) is 29.2. The Balaban J connectivity index is 1.66. The molecule has 2 aromatic carbocycles. The summed E-state index contributed by atoms with van der Waals surface area (Å²) in [5, 5.41) is 4.67. The standard InChI is InChI=1S/C38H58N4O4/c1-6-9-12-16-26-40(4)33-25-24-31-35-29(33)20-19-21-30(35)36(44)42(37(31)45)28-18-15-22-32(39-34(43)23-14-11-8-3)38(46)41(5)27-17-13-10-7-2/h19-21,24-25,32H,6-18,22-23,26-28H2,1-5H3,(H,39,43). The summed E-state index contributed by atoms with van der Waals surface area (Å²) >= 11 is 0. The van der Waals surface area contributed by atoms with E-state index in [1.165, 1.54) is 24.2 Å². The molecule has 0 aromatic heterocycles. The highest BCUT2D eigenvalue weighted by molar-refractivity contribution is 6.26. The van der Waals surface area contributed by atoms with Gasteiger partial charge in [-0.2, -0.15) is 0 Å². The van der Waals surface area contributed by atoms with Crippen LogP contribution in [0, 0.1) is 0 Å². The van der Waals surface area contributed by atoms with Gasteiger partial charge < -0.3 is 15.1 Å². The molecule has 8 nitrogen and oxygen atoms in total. The lowest BCUT2D eigenvalue weighted by Gasteiger charge is -2.29. The molecule has 0 aliphatic carbocycles. The van der Waals surface area contributed by atoms with Gasteiger partial charge in [0.1, 0.15) is 6.04 Å². The van der Waals surface area contributed by atoms with Crippen LogP contribution in [0.15, 0.2) is 30.3 Å². The van der Waals surface area contributed by atoms with Crippen molar-refractivity contribution in [3.63, 3.8) is 0 Å². The summed E-state index contributed by atoms with van der Waals surface area (Å²) in [6, 6.07) is 8.99. The molecule has 0 radical (unpaired) electrons. The molecular formula is C38H58N4O4. The molecule has 0 spiro atoms. The second-order valence-corrected chi connectivity index (χ2v) is 13.0. The zero-order chi connectivity index (χ0) is 33.5. The molecule has 0 saturated heterocycles. The van der Waals surface area contributed by atoms with Gasteiger partial charge in [-0.1, -0.05) is 84.3 Å². The number of likely N-dealkylation sites (N-methyl/N-ethyl adjacent to an activating group) is 1. The number of amides is 4. The van der Waals surface area contributed by atoms with Gasteiger partial charge in [0, 0.05) is 67.7 Å². The highest BCUT2D eigenvalue weighted by Gasteiger charge is 2.33. The van der Waals surface area contributed by atoms with Gasteiger partial charge in [0.05, 0.1) is 0 Å². The number of anilines is 1. The molecule has 254 valence electrons. The summed E-state index contributed by atoms with van der Waals surface area (Å²) in [5.41, 5.74) is 2.16. The monoisotopic (exact) mass is 634 g/mol. The molecule has 1 N–H and O–H groups in total. The van der Waals surface area contributed by atoms with Gasteiger partial charge in [0.25, 0.3) is 11.8 Å². The highest BCUT2D eigenvalue weighted by atomic mass is 16.2. The summed E-state index contributed by atoms with van der Waals surface area (Å²) in [5.74, 6) is -0.704. The van der Waals surface area contributed by atoms with Crippen LogP contribution in [0.4, 0.5) is 5.69 Å². The number of benzene rings is 2. The van der Waals surface area contributed by atoms with Crippen LogP contribution in [0.2, 0.25) is 0 Å². The molecule has 1 atom stereocenters. The Hall–Kier alpha value is -3.42. The molecule has 1 aliphatic rings. The SMILES string of the molecule is CCCCCCN(C)C(=O)C(CCCCN1C(=O)c2cccc3c(N(C)CCCCCC)ccc(c23)C1=O)NC(=O)CCCCC. The number of nitrogens with zero attached hydrogens (tertiary/aromatic N) is 3. The first kappa shape index (κ1) is 37.0. The van der Waals surface area contributed by atoms with E-state index >= 15 is 0 Å². The van der Waals surface area contributed by atoms with Gasteiger partial charge in [-0.05, 0) is 56.7 Å². The van der Waals surface area contributed by atoms with E-state index < -0.39 is 6.04 Å². The minimum absolute atomic E-state index is 0.0720. The number of imide groups is 1. The first-order chi connectivity index (χ1) is 22.2. The fourth-order valence-electron chi connectivity index (χ4n) is 6.39. The van der Waals surface area contributed by atoms with Crippen molar-refractivity contribution in [1.29, 1.82) is 0 Å². The molecule has 1 heterocycles. The van der Waals surface area contributed by atoms with Crippen molar-refractivity contribution in [1.82, 2.24) is 15.1 Å². The van der Waals surface area contributed by atoms with Crippen LogP contribution in [0.3, 0.4) is 0 Å². The Labute approximate surface area is 277 Å². The number of hydrogen-bond acceptors (Lipinski definition) is 5. The van der Waals surface area contributed by atoms with E-state index in [0.717, 1.165) is 74.4 Å². The average molecular weight is 635 g/mol.